The molecule has 136 valence electrons. The molecule has 0 aromatic heterocycles. The van der Waals surface area contributed by atoms with Crippen LogP contribution in [0.5, 0.6) is 0 Å². The van der Waals surface area contributed by atoms with E-state index in [1.54, 1.807) is 7.11 Å². The Balaban J connectivity index is 2.50. The summed E-state index contributed by atoms with van der Waals surface area (Å²) in [5.41, 5.74) is 0. The predicted molar refractivity (Wildman–Crippen MR) is 80.2 cm³/mol. The van der Waals surface area contributed by atoms with Gasteiger partial charge in [-0.3, -0.25) is 14.9 Å². The van der Waals surface area contributed by atoms with Gasteiger partial charge in [0.2, 0.25) is 0 Å². The van der Waals surface area contributed by atoms with Crippen molar-refractivity contribution in [1.82, 2.24) is 15.7 Å². The van der Waals surface area contributed by atoms with Crippen molar-refractivity contribution in [2.45, 2.75) is 38.1 Å². The number of carbonyl (C=O) groups is 4. The lowest BCUT2D eigenvalue weighted by atomic mass is 10.1. The maximum Gasteiger partial charge on any atom is 0.407 e. The van der Waals surface area contributed by atoms with Gasteiger partial charge in [0.1, 0.15) is 6.04 Å². The van der Waals surface area contributed by atoms with Crippen LogP contribution in [0, 0.1) is 0 Å². The van der Waals surface area contributed by atoms with Gasteiger partial charge in [-0.25, -0.2) is 9.59 Å². The highest BCUT2D eigenvalue weighted by molar-refractivity contribution is 6.01. The molecule has 0 aromatic rings. The van der Waals surface area contributed by atoms with Crippen LogP contribution < -0.4 is 10.6 Å². The molecule has 1 atom stereocenters. The van der Waals surface area contributed by atoms with Gasteiger partial charge in [-0.1, -0.05) is 0 Å². The quantitative estimate of drug-likeness (QED) is 0.314. The van der Waals surface area contributed by atoms with Crippen molar-refractivity contribution < 1.29 is 33.5 Å². The fourth-order valence-electron chi connectivity index (χ4n) is 2.03. The Morgan fingerprint density at radius 3 is 2.42 bits per heavy atom. The Hall–Kier alpha value is -2.20. The lowest BCUT2D eigenvalue weighted by Crippen LogP contribution is -2.45. The predicted octanol–water partition coefficient (Wildman–Crippen LogP) is -0.318. The molecule has 1 fully saturated rings. The van der Waals surface area contributed by atoms with Crippen LogP contribution in [0.15, 0.2) is 0 Å². The molecule has 0 spiro atoms. The number of hydroxylamine groups is 2. The summed E-state index contributed by atoms with van der Waals surface area (Å²) in [4.78, 5) is 51.3. The average molecular weight is 345 g/mol. The monoisotopic (exact) mass is 345 g/mol. The third kappa shape index (κ3) is 6.50. The fraction of sp³-hybridized carbons (Fsp3) is 0.714. The first-order chi connectivity index (χ1) is 11.5. The Labute approximate surface area is 139 Å². The molecular weight excluding hydrogens is 322 g/mol. The number of imide groups is 1. The molecule has 1 aliphatic heterocycles. The van der Waals surface area contributed by atoms with Crippen molar-refractivity contribution in [3.63, 3.8) is 0 Å². The maximum absolute atomic E-state index is 12.1. The standard InChI is InChI=1S/C14H23N3O7/c1-22-9-15-8-4-3-5-10(16-14(21)23-2)13(20)24-17-11(18)6-7-12(17)19/h10,15H,3-9H2,1-2H3,(H,16,21). The summed E-state index contributed by atoms with van der Waals surface area (Å²) in [5.74, 6) is -2.03. The smallest absolute Gasteiger partial charge is 0.407 e. The molecule has 10 nitrogen and oxygen atoms in total. The van der Waals surface area contributed by atoms with Gasteiger partial charge >= 0.3 is 12.1 Å². The second kappa shape index (κ2) is 10.6. The number of nitrogens with one attached hydrogen (secondary N) is 2. The summed E-state index contributed by atoms with van der Waals surface area (Å²) in [7, 11) is 2.74. The minimum Gasteiger partial charge on any atom is -0.453 e. The molecule has 24 heavy (non-hydrogen) atoms. The zero-order chi connectivity index (χ0) is 17.9. The van der Waals surface area contributed by atoms with Crippen LogP contribution in [0.2, 0.25) is 0 Å². The molecule has 0 aliphatic carbocycles. The normalized spacial score (nSPS) is 15.3. The van der Waals surface area contributed by atoms with Gasteiger partial charge in [-0.15, -0.1) is 5.06 Å². The zero-order valence-corrected chi connectivity index (χ0v) is 13.8. The van der Waals surface area contributed by atoms with Crippen molar-refractivity contribution in [1.29, 1.82) is 0 Å². The van der Waals surface area contributed by atoms with Crippen LogP contribution in [0.3, 0.4) is 0 Å². The number of carbonyl (C=O) groups excluding carboxylic acids is 4. The van der Waals surface area contributed by atoms with Gasteiger partial charge in [-0.2, -0.15) is 0 Å². The zero-order valence-electron chi connectivity index (χ0n) is 13.8. The van der Waals surface area contributed by atoms with Crippen molar-refractivity contribution in [2.24, 2.45) is 0 Å². The van der Waals surface area contributed by atoms with E-state index in [-0.39, 0.29) is 19.3 Å². The minimum atomic E-state index is -1.01. The van der Waals surface area contributed by atoms with Gasteiger partial charge in [0.15, 0.2) is 0 Å². The summed E-state index contributed by atoms with van der Waals surface area (Å²) in [6.07, 6.45) is 0.825. The first kappa shape index (κ1) is 19.8. The van der Waals surface area contributed by atoms with E-state index in [0.29, 0.717) is 24.8 Å². The minimum absolute atomic E-state index is 0.00633. The summed E-state index contributed by atoms with van der Waals surface area (Å²) in [5, 5.41) is 5.81. The Morgan fingerprint density at radius 1 is 1.17 bits per heavy atom. The molecule has 1 unspecified atom stereocenters. The Morgan fingerprint density at radius 2 is 1.83 bits per heavy atom. The van der Waals surface area contributed by atoms with E-state index in [4.69, 9.17) is 9.57 Å². The van der Waals surface area contributed by atoms with E-state index in [9.17, 15) is 19.2 Å². The van der Waals surface area contributed by atoms with Crippen molar-refractivity contribution in [3.05, 3.63) is 0 Å². The van der Waals surface area contributed by atoms with Gasteiger partial charge in [0.25, 0.3) is 11.8 Å². The molecule has 1 heterocycles. The van der Waals surface area contributed by atoms with E-state index in [0.717, 1.165) is 6.42 Å². The van der Waals surface area contributed by atoms with E-state index < -0.39 is 29.9 Å². The summed E-state index contributed by atoms with van der Waals surface area (Å²) in [6, 6.07) is -1.01. The number of hydrogen-bond acceptors (Lipinski definition) is 8. The number of amides is 3. The molecule has 0 saturated carbocycles. The highest BCUT2D eigenvalue weighted by atomic mass is 16.7. The van der Waals surface area contributed by atoms with Crippen LogP contribution in [-0.4, -0.2) is 62.5 Å². The first-order valence-electron chi connectivity index (χ1n) is 7.61. The van der Waals surface area contributed by atoms with E-state index in [1.807, 2.05) is 0 Å². The van der Waals surface area contributed by atoms with Crippen molar-refractivity contribution in [2.75, 3.05) is 27.5 Å². The third-order valence-electron chi connectivity index (χ3n) is 3.29. The van der Waals surface area contributed by atoms with Crippen LogP contribution >= 0.6 is 0 Å². The SMILES string of the molecule is COCNCCCCC(NC(=O)OC)C(=O)ON1C(=O)CCC1=O. The number of hydrogen-bond donors (Lipinski definition) is 2. The topological polar surface area (TPSA) is 123 Å². The number of unbranched alkanes of at least 4 members (excludes halogenated alkanes) is 1. The van der Waals surface area contributed by atoms with Crippen LogP contribution in [-0.2, 0) is 28.7 Å². The molecule has 1 saturated heterocycles. The number of methoxy groups -OCH3 is 2. The average Bonchev–Trinajstić information content (AvgIpc) is 2.88. The number of alkyl carbamates (subject to hydrolysis) is 1. The van der Waals surface area contributed by atoms with Gasteiger partial charge in [0, 0.05) is 20.0 Å². The van der Waals surface area contributed by atoms with Crippen LogP contribution in [0.4, 0.5) is 4.79 Å². The fourth-order valence-corrected chi connectivity index (χ4v) is 2.03. The van der Waals surface area contributed by atoms with Crippen molar-refractivity contribution >= 4 is 23.9 Å². The molecular formula is C14H23N3O7. The molecule has 3 amide bonds. The molecule has 10 heteroatoms. The number of rotatable bonds is 10. The van der Waals surface area contributed by atoms with Gasteiger partial charge < -0.3 is 19.6 Å². The molecule has 1 rings (SSSR count). The second-order valence-corrected chi connectivity index (χ2v) is 5.11. The first-order valence-corrected chi connectivity index (χ1v) is 7.61. The molecule has 1 aliphatic rings. The van der Waals surface area contributed by atoms with Crippen molar-refractivity contribution in [3.8, 4) is 0 Å². The van der Waals surface area contributed by atoms with Crippen LogP contribution in [0.25, 0.3) is 0 Å². The van der Waals surface area contributed by atoms with Gasteiger partial charge in [-0.05, 0) is 25.8 Å². The highest BCUT2D eigenvalue weighted by Gasteiger charge is 2.35. The summed E-state index contributed by atoms with van der Waals surface area (Å²) < 4.78 is 9.31. The maximum atomic E-state index is 12.1. The molecule has 2 N–H and O–H groups in total. The summed E-state index contributed by atoms with van der Waals surface area (Å²) >= 11 is 0. The Kier molecular flexibility index (Phi) is 8.72. The number of nitrogens with zero attached hydrogens (tertiary/aromatic N) is 1. The van der Waals surface area contributed by atoms with E-state index in [1.165, 1.54) is 7.11 Å². The van der Waals surface area contributed by atoms with E-state index >= 15 is 0 Å². The molecule has 0 aromatic carbocycles. The molecule has 0 bridgehead atoms. The second-order valence-electron chi connectivity index (χ2n) is 5.11. The van der Waals surface area contributed by atoms with Crippen LogP contribution in [0.1, 0.15) is 32.1 Å². The lowest BCUT2D eigenvalue weighted by Gasteiger charge is -2.19. The largest absolute Gasteiger partial charge is 0.453 e. The molecule has 0 radical (unpaired) electrons. The Bertz CT molecular complexity index is 453. The highest BCUT2D eigenvalue weighted by Crippen LogP contribution is 2.14. The lowest BCUT2D eigenvalue weighted by molar-refractivity contribution is -0.199. The third-order valence-corrected chi connectivity index (χ3v) is 3.29. The number of ether oxygens (including phenoxy) is 2. The summed E-state index contributed by atoms with van der Waals surface area (Å²) in [6.45, 7) is 1.10. The van der Waals surface area contributed by atoms with E-state index in [2.05, 4.69) is 15.4 Å². The van der Waals surface area contributed by atoms with Gasteiger partial charge in [0.05, 0.1) is 13.8 Å².